The van der Waals surface area contributed by atoms with Gasteiger partial charge in [-0.2, -0.15) is 0 Å². The summed E-state index contributed by atoms with van der Waals surface area (Å²) >= 11 is 1.41. The number of carboxylic acid groups (broad SMARTS) is 1. The molecule has 0 spiro atoms. The molecule has 0 bridgehead atoms. The van der Waals surface area contributed by atoms with Crippen molar-refractivity contribution in [3.8, 4) is 22.5 Å². The molecule has 0 atom stereocenters. The molecule has 0 N–H and O–H groups in total. The summed E-state index contributed by atoms with van der Waals surface area (Å²) in [5, 5.41) is 20.3. The highest BCUT2D eigenvalue weighted by molar-refractivity contribution is 7.98. The molecule has 0 fully saturated rings. The molecule has 6 heteroatoms. The minimum absolute atomic E-state index is 0.159. The molecule has 5 nitrogen and oxygen atoms in total. The number of rotatable bonds is 6. The fourth-order valence-corrected chi connectivity index (χ4v) is 3.63. The number of carbonyl (C=O) groups excluding carboxylic acids is 1. The minimum atomic E-state index is -1.19. The van der Waals surface area contributed by atoms with Crippen molar-refractivity contribution in [2.45, 2.75) is 10.9 Å². The van der Waals surface area contributed by atoms with E-state index in [-0.39, 0.29) is 5.56 Å². The highest BCUT2D eigenvalue weighted by Crippen LogP contribution is 2.30. The van der Waals surface area contributed by atoms with Crippen LogP contribution in [0.3, 0.4) is 0 Å². The quantitative estimate of drug-likeness (QED) is 0.459. The molecule has 142 valence electrons. The molecule has 4 aromatic rings. The Balaban J connectivity index is 1.65. The van der Waals surface area contributed by atoms with Crippen LogP contribution in [0.2, 0.25) is 0 Å². The Kier molecular flexibility index (Phi) is 5.63. The van der Waals surface area contributed by atoms with E-state index < -0.39 is 5.97 Å². The Morgan fingerprint density at radius 1 is 0.793 bits per heavy atom. The van der Waals surface area contributed by atoms with Gasteiger partial charge in [0.05, 0.1) is 5.97 Å². The van der Waals surface area contributed by atoms with E-state index in [1.54, 1.807) is 12.1 Å². The largest absolute Gasteiger partial charge is 0.545 e. The van der Waals surface area contributed by atoms with Crippen molar-refractivity contribution in [1.29, 1.82) is 0 Å². The number of thioether (sulfide) groups is 1. The fraction of sp³-hybridized carbons (Fsp3) is 0.0435. The number of carbonyl (C=O) groups is 1. The summed E-state index contributed by atoms with van der Waals surface area (Å²) in [5.74, 6) is -0.657. The molecule has 4 rings (SSSR count). The van der Waals surface area contributed by atoms with E-state index in [9.17, 15) is 9.90 Å². The summed E-state index contributed by atoms with van der Waals surface area (Å²) in [6.07, 6.45) is 0. The van der Waals surface area contributed by atoms with E-state index in [0.29, 0.717) is 10.9 Å². The van der Waals surface area contributed by atoms with Gasteiger partial charge in [0.1, 0.15) is 11.4 Å². The van der Waals surface area contributed by atoms with Crippen LogP contribution in [0.25, 0.3) is 22.5 Å². The molecular formula is C23H16N3O2S-. The van der Waals surface area contributed by atoms with Crippen molar-refractivity contribution in [1.82, 2.24) is 15.2 Å². The van der Waals surface area contributed by atoms with Crippen molar-refractivity contribution in [3.05, 3.63) is 96.1 Å². The normalized spacial score (nSPS) is 10.6. The summed E-state index contributed by atoms with van der Waals surface area (Å²) in [6, 6.07) is 26.4. The van der Waals surface area contributed by atoms with Gasteiger partial charge in [-0.1, -0.05) is 90.6 Å². The van der Waals surface area contributed by atoms with Crippen LogP contribution in [0.5, 0.6) is 0 Å². The summed E-state index contributed by atoms with van der Waals surface area (Å²) in [6.45, 7) is 0. The molecular weight excluding hydrogens is 382 g/mol. The zero-order valence-electron chi connectivity index (χ0n) is 15.4. The lowest BCUT2D eigenvalue weighted by Gasteiger charge is -2.10. The van der Waals surface area contributed by atoms with Crippen molar-refractivity contribution < 1.29 is 9.90 Å². The summed E-state index contributed by atoms with van der Waals surface area (Å²) < 4.78 is 0. The third kappa shape index (κ3) is 4.50. The fourth-order valence-electron chi connectivity index (χ4n) is 2.90. The maximum Gasteiger partial charge on any atom is 0.210 e. The van der Waals surface area contributed by atoms with Gasteiger partial charge in [-0.15, -0.1) is 10.2 Å². The molecule has 0 aliphatic heterocycles. The number of carboxylic acids is 1. The van der Waals surface area contributed by atoms with E-state index in [2.05, 4.69) is 10.2 Å². The third-order valence-corrected chi connectivity index (χ3v) is 5.20. The predicted molar refractivity (Wildman–Crippen MR) is 111 cm³/mol. The van der Waals surface area contributed by atoms with Crippen LogP contribution < -0.4 is 5.11 Å². The van der Waals surface area contributed by atoms with Crippen LogP contribution in [0, 0.1) is 0 Å². The second-order valence-electron chi connectivity index (χ2n) is 6.30. The molecule has 1 aromatic heterocycles. The van der Waals surface area contributed by atoms with Crippen LogP contribution in [0.4, 0.5) is 0 Å². The molecule has 0 aliphatic carbocycles. The van der Waals surface area contributed by atoms with Gasteiger partial charge < -0.3 is 9.90 Å². The lowest BCUT2D eigenvalue weighted by atomic mass is 10.0. The second kappa shape index (κ2) is 8.67. The van der Waals surface area contributed by atoms with E-state index >= 15 is 0 Å². The molecule has 0 unspecified atom stereocenters. The first-order chi connectivity index (χ1) is 14.2. The first-order valence-corrected chi connectivity index (χ1v) is 9.98. The number of hydrogen-bond donors (Lipinski definition) is 0. The van der Waals surface area contributed by atoms with Crippen LogP contribution in [0.15, 0.2) is 90.1 Å². The maximum atomic E-state index is 11.0. The SMILES string of the molecule is O=C([O-])c1cccc(CSc2nnc(-c3ccccc3)c(-c3ccccc3)n2)c1. The Hall–Kier alpha value is -3.51. The van der Waals surface area contributed by atoms with Gasteiger partial charge >= 0.3 is 0 Å². The van der Waals surface area contributed by atoms with E-state index in [4.69, 9.17) is 4.98 Å². The zero-order valence-corrected chi connectivity index (χ0v) is 16.2. The zero-order chi connectivity index (χ0) is 20.1. The second-order valence-corrected chi connectivity index (χ2v) is 7.24. The average molecular weight is 398 g/mol. The highest BCUT2D eigenvalue weighted by atomic mass is 32.2. The molecule has 29 heavy (non-hydrogen) atoms. The summed E-state index contributed by atoms with van der Waals surface area (Å²) in [7, 11) is 0. The minimum Gasteiger partial charge on any atom is -0.545 e. The van der Waals surface area contributed by atoms with Crippen molar-refractivity contribution >= 4 is 17.7 Å². The number of aromatic carboxylic acids is 1. The summed E-state index contributed by atoms with van der Waals surface area (Å²) in [4.78, 5) is 15.8. The smallest absolute Gasteiger partial charge is 0.210 e. The Bertz CT molecular complexity index is 1140. The topological polar surface area (TPSA) is 78.8 Å². The van der Waals surface area contributed by atoms with Gasteiger partial charge in [-0.25, -0.2) is 4.98 Å². The van der Waals surface area contributed by atoms with Crippen LogP contribution in [0.1, 0.15) is 15.9 Å². The Morgan fingerprint density at radius 3 is 2.10 bits per heavy atom. The Labute approximate surface area is 172 Å². The molecule has 1 heterocycles. The van der Waals surface area contributed by atoms with Gasteiger partial charge in [0, 0.05) is 16.9 Å². The van der Waals surface area contributed by atoms with Gasteiger partial charge in [0.2, 0.25) is 5.16 Å². The summed E-state index contributed by atoms with van der Waals surface area (Å²) in [5.41, 5.74) is 4.41. The number of hydrogen-bond acceptors (Lipinski definition) is 6. The standard InChI is InChI=1S/C23H17N3O2S/c27-22(28)19-13-7-8-16(14-19)15-29-23-24-20(17-9-3-1-4-10-17)21(25-26-23)18-11-5-2-6-12-18/h1-14H,15H2,(H,27,28)/p-1. The molecule has 0 aliphatic rings. The number of nitrogens with zero attached hydrogens (tertiary/aromatic N) is 3. The van der Waals surface area contributed by atoms with Gasteiger partial charge in [-0.05, 0) is 17.2 Å². The van der Waals surface area contributed by atoms with E-state index in [1.165, 1.54) is 17.8 Å². The van der Waals surface area contributed by atoms with Crippen LogP contribution in [-0.4, -0.2) is 21.2 Å². The lowest BCUT2D eigenvalue weighted by Crippen LogP contribution is -2.22. The van der Waals surface area contributed by atoms with Crippen molar-refractivity contribution in [3.63, 3.8) is 0 Å². The first-order valence-electron chi connectivity index (χ1n) is 8.99. The Morgan fingerprint density at radius 2 is 1.45 bits per heavy atom. The maximum absolute atomic E-state index is 11.0. The molecule has 0 amide bonds. The van der Waals surface area contributed by atoms with Gasteiger partial charge in [-0.3, -0.25) is 0 Å². The van der Waals surface area contributed by atoms with Crippen LogP contribution >= 0.6 is 11.8 Å². The van der Waals surface area contributed by atoms with E-state index in [0.717, 1.165) is 28.1 Å². The monoisotopic (exact) mass is 398 g/mol. The lowest BCUT2D eigenvalue weighted by molar-refractivity contribution is -0.255. The van der Waals surface area contributed by atoms with Gasteiger partial charge in [0.15, 0.2) is 0 Å². The molecule has 3 aromatic carbocycles. The van der Waals surface area contributed by atoms with Crippen molar-refractivity contribution in [2.75, 3.05) is 0 Å². The number of benzene rings is 3. The molecule has 0 radical (unpaired) electrons. The predicted octanol–water partition coefficient (Wildman–Crippen LogP) is 3.86. The molecule has 0 saturated carbocycles. The third-order valence-electron chi connectivity index (χ3n) is 4.29. The number of aromatic nitrogens is 3. The van der Waals surface area contributed by atoms with E-state index in [1.807, 2.05) is 66.7 Å². The highest BCUT2D eigenvalue weighted by Gasteiger charge is 2.13. The van der Waals surface area contributed by atoms with Crippen LogP contribution in [-0.2, 0) is 5.75 Å². The average Bonchev–Trinajstić information content (AvgIpc) is 2.79. The van der Waals surface area contributed by atoms with Gasteiger partial charge in [0.25, 0.3) is 0 Å². The first kappa shape index (κ1) is 18.8. The molecule has 0 saturated heterocycles. The van der Waals surface area contributed by atoms with Crippen molar-refractivity contribution in [2.24, 2.45) is 0 Å².